The molecule has 0 saturated carbocycles. The second kappa shape index (κ2) is 9.84. The van der Waals surface area contributed by atoms with Crippen LogP contribution in [-0.2, 0) is 7.05 Å². The molecular formula is C26H20F3N5O2. The van der Waals surface area contributed by atoms with Crippen molar-refractivity contribution in [2.45, 2.75) is 13.3 Å². The molecule has 36 heavy (non-hydrogen) atoms. The van der Waals surface area contributed by atoms with Crippen LogP contribution in [0.2, 0.25) is 0 Å². The van der Waals surface area contributed by atoms with E-state index in [2.05, 4.69) is 32.0 Å². The van der Waals surface area contributed by atoms with Gasteiger partial charge in [-0.05, 0) is 55.0 Å². The normalized spacial score (nSPS) is 10.9. The quantitative estimate of drug-likeness (QED) is 0.395. The monoisotopic (exact) mass is 491 g/mol. The summed E-state index contributed by atoms with van der Waals surface area (Å²) in [5.74, 6) is 5.50. The van der Waals surface area contributed by atoms with Crippen LogP contribution in [0.3, 0.4) is 0 Å². The number of anilines is 2. The number of nitrogens with one attached hydrogen (secondary N) is 1. The van der Waals surface area contributed by atoms with Crippen LogP contribution in [0.25, 0.3) is 11.1 Å². The number of pyridine rings is 1. The summed E-state index contributed by atoms with van der Waals surface area (Å²) in [5, 5.41) is 6.88. The van der Waals surface area contributed by atoms with E-state index in [-0.39, 0.29) is 11.4 Å². The lowest BCUT2D eigenvalue weighted by Gasteiger charge is -2.10. The molecule has 0 aliphatic heterocycles. The summed E-state index contributed by atoms with van der Waals surface area (Å²) in [7, 11) is 1.82. The number of carbonyl (C=O) groups excluding carboxylic acids is 1. The van der Waals surface area contributed by atoms with Crippen LogP contribution in [0.1, 0.15) is 27.0 Å². The molecule has 4 aromatic rings. The molecule has 0 spiro atoms. The summed E-state index contributed by atoms with van der Waals surface area (Å²) in [5.41, 5.74) is 10.5. The molecule has 7 nitrogen and oxygen atoms in total. The summed E-state index contributed by atoms with van der Waals surface area (Å²) in [4.78, 5) is 16.8. The van der Waals surface area contributed by atoms with Crippen molar-refractivity contribution in [3.63, 3.8) is 0 Å². The lowest BCUT2D eigenvalue weighted by atomic mass is 10.1. The van der Waals surface area contributed by atoms with Crippen LogP contribution in [-0.4, -0.2) is 27.0 Å². The van der Waals surface area contributed by atoms with E-state index >= 15 is 0 Å². The Morgan fingerprint density at radius 3 is 2.42 bits per heavy atom. The van der Waals surface area contributed by atoms with Gasteiger partial charge in [-0.1, -0.05) is 17.9 Å². The fourth-order valence-electron chi connectivity index (χ4n) is 3.28. The van der Waals surface area contributed by atoms with Gasteiger partial charge in [-0.3, -0.25) is 9.48 Å². The molecule has 2 aromatic heterocycles. The predicted octanol–water partition coefficient (Wildman–Crippen LogP) is 4.92. The van der Waals surface area contributed by atoms with E-state index in [0.717, 1.165) is 28.8 Å². The van der Waals surface area contributed by atoms with Crippen LogP contribution >= 0.6 is 0 Å². The minimum atomic E-state index is -4.80. The minimum Gasteiger partial charge on any atom is -0.406 e. The molecule has 182 valence electrons. The third kappa shape index (κ3) is 6.01. The van der Waals surface area contributed by atoms with Crippen molar-refractivity contribution < 1.29 is 22.7 Å². The molecule has 2 aromatic carbocycles. The Labute approximate surface area is 204 Å². The second-order valence-electron chi connectivity index (χ2n) is 7.87. The van der Waals surface area contributed by atoms with Crippen LogP contribution < -0.4 is 15.8 Å². The zero-order chi connectivity index (χ0) is 25.9. The van der Waals surface area contributed by atoms with Gasteiger partial charge in [-0.25, -0.2) is 4.98 Å². The number of aromatic nitrogens is 3. The predicted molar refractivity (Wildman–Crippen MR) is 129 cm³/mol. The Balaban J connectivity index is 1.53. The van der Waals surface area contributed by atoms with E-state index in [1.165, 1.54) is 12.1 Å². The van der Waals surface area contributed by atoms with Gasteiger partial charge in [0.1, 0.15) is 11.6 Å². The van der Waals surface area contributed by atoms with Gasteiger partial charge in [0, 0.05) is 47.4 Å². The van der Waals surface area contributed by atoms with Gasteiger partial charge in [-0.15, -0.1) is 13.2 Å². The summed E-state index contributed by atoms with van der Waals surface area (Å²) in [6, 6.07) is 11.7. The largest absolute Gasteiger partial charge is 0.573 e. The number of ether oxygens (including phenoxy) is 1. The Morgan fingerprint density at radius 2 is 1.75 bits per heavy atom. The van der Waals surface area contributed by atoms with Crippen LogP contribution in [0.15, 0.2) is 67.1 Å². The number of carbonyl (C=O) groups is 1. The van der Waals surface area contributed by atoms with Gasteiger partial charge >= 0.3 is 6.36 Å². The smallest absolute Gasteiger partial charge is 0.406 e. The highest BCUT2D eigenvalue weighted by Crippen LogP contribution is 2.24. The number of benzene rings is 2. The number of hydrogen-bond acceptors (Lipinski definition) is 5. The number of nitrogens with zero attached hydrogens (tertiary/aromatic N) is 3. The summed E-state index contributed by atoms with van der Waals surface area (Å²) < 4.78 is 42.5. The van der Waals surface area contributed by atoms with E-state index in [4.69, 9.17) is 5.73 Å². The van der Waals surface area contributed by atoms with Crippen molar-refractivity contribution in [1.82, 2.24) is 14.8 Å². The molecule has 3 N–H and O–H groups in total. The fraction of sp³-hybridized carbons (Fsp3) is 0.115. The van der Waals surface area contributed by atoms with Crippen molar-refractivity contribution in [1.29, 1.82) is 0 Å². The Morgan fingerprint density at radius 1 is 1.03 bits per heavy atom. The highest BCUT2D eigenvalue weighted by atomic mass is 19.4. The molecule has 0 bridgehead atoms. The Bertz CT molecular complexity index is 1480. The SMILES string of the molecule is Cc1ccc(NC(=O)c2ccc(OC(F)(F)F)cc2)cc1C#Cc1cc(-c2cnn(C)c2)cnc1N. The molecule has 0 aliphatic rings. The topological polar surface area (TPSA) is 95.1 Å². The number of halogens is 3. The Hall–Kier alpha value is -4.78. The van der Waals surface area contributed by atoms with Crippen molar-refractivity contribution in [3.8, 4) is 28.7 Å². The number of aryl methyl sites for hydroxylation is 2. The Kier molecular flexibility index (Phi) is 6.65. The first kappa shape index (κ1) is 24.3. The lowest BCUT2D eigenvalue weighted by molar-refractivity contribution is -0.274. The molecule has 0 unspecified atom stereocenters. The van der Waals surface area contributed by atoms with Crippen LogP contribution in [0, 0.1) is 18.8 Å². The maximum atomic E-state index is 12.6. The lowest BCUT2D eigenvalue weighted by Crippen LogP contribution is -2.17. The first-order valence-electron chi connectivity index (χ1n) is 10.6. The van der Waals surface area contributed by atoms with Gasteiger partial charge in [0.05, 0.1) is 11.8 Å². The number of amides is 1. The summed E-state index contributed by atoms with van der Waals surface area (Å²) >= 11 is 0. The molecule has 10 heteroatoms. The summed E-state index contributed by atoms with van der Waals surface area (Å²) in [6.45, 7) is 1.88. The maximum Gasteiger partial charge on any atom is 0.573 e. The second-order valence-corrected chi connectivity index (χ2v) is 7.87. The molecule has 0 atom stereocenters. The molecule has 4 rings (SSSR count). The van der Waals surface area contributed by atoms with E-state index < -0.39 is 18.0 Å². The van der Waals surface area contributed by atoms with Crippen LogP contribution in [0.5, 0.6) is 5.75 Å². The zero-order valence-electron chi connectivity index (χ0n) is 19.2. The number of nitrogens with two attached hydrogens (primary N) is 1. The summed E-state index contributed by atoms with van der Waals surface area (Å²) in [6.07, 6.45) is 0.430. The standard InChI is InChI=1S/C26H20F3N5O2/c1-16-3-8-22(33-25(35)17-6-9-23(10-7-17)36-26(27,28)29)12-18(16)4-5-19-11-20(13-31-24(19)30)21-14-32-34(2)15-21/h3,6-15H,1-2H3,(H2,30,31)(H,33,35). The molecule has 1 amide bonds. The number of hydrogen-bond donors (Lipinski definition) is 2. The molecule has 0 aliphatic carbocycles. The number of rotatable bonds is 4. The minimum absolute atomic E-state index is 0.170. The highest BCUT2D eigenvalue weighted by molar-refractivity contribution is 6.04. The highest BCUT2D eigenvalue weighted by Gasteiger charge is 2.31. The van der Waals surface area contributed by atoms with Gasteiger partial charge in [-0.2, -0.15) is 5.10 Å². The zero-order valence-corrected chi connectivity index (χ0v) is 19.2. The first-order chi connectivity index (χ1) is 17.1. The van der Waals surface area contributed by atoms with E-state index in [1.54, 1.807) is 35.3 Å². The molecule has 0 radical (unpaired) electrons. The van der Waals surface area contributed by atoms with Crippen molar-refractivity contribution in [3.05, 3.63) is 89.4 Å². The van der Waals surface area contributed by atoms with E-state index in [1.807, 2.05) is 26.2 Å². The van der Waals surface area contributed by atoms with Crippen molar-refractivity contribution in [2.75, 3.05) is 11.1 Å². The molecule has 0 saturated heterocycles. The molecule has 2 heterocycles. The average molecular weight is 491 g/mol. The first-order valence-corrected chi connectivity index (χ1v) is 10.6. The maximum absolute atomic E-state index is 12.6. The average Bonchev–Trinajstić information content (AvgIpc) is 3.26. The van der Waals surface area contributed by atoms with Gasteiger partial charge < -0.3 is 15.8 Å². The third-order valence-electron chi connectivity index (χ3n) is 5.13. The van der Waals surface area contributed by atoms with Gasteiger partial charge in [0.2, 0.25) is 0 Å². The van der Waals surface area contributed by atoms with Gasteiger partial charge in [0.15, 0.2) is 0 Å². The molecule has 0 fully saturated rings. The fourth-order valence-corrected chi connectivity index (χ4v) is 3.28. The number of alkyl halides is 3. The van der Waals surface area contributed by atoms with Gasteiger partial charge in [0.25, 0.3) is 5.91 Å². The van der Waals surface area contributed by atoms with Crippen molar-refractivity contribution >= 4 is 17.4 Å². The van der Waals surface area contributed by atoms with E-state index in [0.29, 0.717) is 16.8 Å². The molecular weight excluding hydrogens is 471 g/mol. The van der Waals surface area contributed by atoms with E-state index in [9.17, 15) is 18.0 Å². The van der Waals surface area contributed by atoms with Crippen LogP contribution in [0.4, 0.5) is 24.7 Å². The third-order valence-corrected chi connectivity index (χ3v) is 5.13. The number of nitrogen functional groups attached to an aromatic ring is 1. The van der Waals surface area contributed by atoms with Crippen molar-refractivity contribution in [2.24, 2.45) is 7.05 Å².